The van der Waals surface area contributed by atoms with Gasteiger partial charge < -0.3 is 9.47 Å². The zero-order valence-electron chi connectivity index (χ0n) is 14.0. The number of hydrogen-bond acceptors (Lipinski definition) is 6. The number of aromatic nitrogens is 1. The average molecular weight is 336 g/mol. The van der Waals surface area contributed by atoms with Crippen molar-refractivity contribution in [3.05, 3.63) is 41.5 Å². The number of rotatable bonds is 4. The number of amides is 1. The van der Waals surface area contributed by atoms with E-state index in [1.54, 1.807) is 38.1 Å². The number of hydrogen-bond donors (Lipinski definition) is 1. The standard InChI is InChI=1S/C18H16N4O3/c1-11(2)25-18(23)22-16-13(9-19)15(12-7-5-4-6-8-12)14(10-20)17(21-16)24-3/h4-8,11H,1-3H3,(H,21,22,23). The first kappa shape index (κ1) is 17.8. The fourth-order valence-corrected chi connectivity index (χ4v) is 2.25. The molecule has 126 valence electrons. The fourth-order valence-electron chi connectivity index (χ4n) is 2.25. The van der Waals surface area contributed by atoms with Crippen LogP contribution in [0.4, 0.5) is 10.6 Å². The highest BCUT2D eigenvalue weighted by atomic mass is 16.6. The summed E-state index contributed by atoms with van der Waals surface area (Å²) in [6.07, 6.45) is -1.08. The quantitative estimate of drug-likeness (QED) is 0.916. The molecule has 2 aromatic rings. The highest BCUT2D eigenvalue weighted by Gasteiger charge is 2.23. The number of nitrogens with one attached hydrogen (secondary N) is 1. The molecule has 1 heterocycles. The summed E-state index contributed by atoms with van der Waals surface area (Å²) < 4.78 is 10.2. The molecule has 1 amide bonds. The van der Waals surface area contributed by atoms with E-state index in [4.69, 9.17) is 9.47 Å². The number of methoxy groups -OCH3 is 1. The van der Waals surface area contributed by atoms with Gasteiger partial charge in [-0.25, -0.2) is 4.79 Å². The third-order valence-electron chi connectivity index (χ3n) is 3.21. The van der Waals surface area contributed by atoms with Gasteiger partial charge in [-0.15, -0.1) is 0 Å². The number of nitriles is 2. The van der Waals surface area contributed by atoms with E-state index in [1.807, 2.05) is 18.2 Å². The zero-order valence-corrected chi connectivity index (χ0v) is 14.0. The van der Waals surface area contributed by atoms with Crippen LogP contribution in [0.1, 0.15) is 25.0 Å². The summed E-state index contributed by atoms with van der Waals surface area (Å²) in [5, 5.41) is 21.6. The van der Waals surface area contributed by atoms with Crippen molar-refractivity contribution in [3.8, 4) is 29.1 Å². The van der Waals surface area contributed by atoms with Crippen molar-refractivity contribution in [2.45, 2.75) is 20.0 Å². The minimum absolute atomic E-state index is 0.0141. The molecule has 1 aromatic heterocycles. The SMILES string of the molecule is COc1nc(NC(=O)OC(C)C)c(C#N)c(-c2ccccc2)c1C#N. The number of pyridine rings is 1. The molecular weight excluding hydrogens is 320 g/mol. The van der Waals surface area contributed by atoms with Crippen molar-refractivity contribution in [2.75, 3.05) is 12.4 Å². The average Bonchev–Trinajstić information content (AvgIpc) is 2.60. The van der Waals surface area contributed by atoms with Crippen LogP contribution in [-0.2, 0) is 4.74 Å². The van der Waals surface area contributed by atoms with Gasteiger partial charge in [0, 0.05) is 5.56 Å². The van der Waals surface area contributed by atoms with Gasteiger partial charge >= 0.3 is 6.09 Å². The van der Waals surface area contributed by atoms with Crippen LogP contribution in [0.5, 0.6) is 5.88 Å². The Hall–Kier alpha value is -3.58. The summed E-state index contributed by atoms with van der Waals surface area (Å²) in [4.78, 5) is 16.0. The molecule has 0 unspecified atom stereocenters. The van der Waals surface area contributed by atoms with Gasteiger partial charge in [0.2, 0.25) is 5.88 Å². The summed E-state index contributed by atoms with van der Waals surface area (Å²) >= 11 is 0. The summed E-state index contributed by atoms with van der Waals surface area (Å²) in [5.74, 6) is -0.0111. The third kappa shape index (κ3) is 3.85. The first-order chi connectivity index (χ1) is 12.0. The van der Waals surface area contributed by atoms with E-state index in [-0.39, 0.29) is 28.9 Å². The maximum Gasteiger partial charge on any atom is 0.413 e. The van der Waals surface area contributed by atoms with E-state index < -0.39 is 6.09 Å². The van der Waals surface area contributed by atoms with E-state index in [0.717, 1.165) is 0 Å². The lowest BCUT2D eigenvalue weighted by Crippen LogP contribution is -2.20. The molecule has 0 saturated heterocycles. The maximum absolute atomic E-state index is 11.9. The van der Waals surface area contributed by atoms with Crippen LogP contribution in [0.2, 0.25) is 0 Å². The minimum atomic E-state index is -0.746. The molecule has 0 bridgehead atoms. The van der Waals surface area contributed by atoms with Crippen LogP contribution in [-0.4, -0.2) is 24.3 Å². The van der Waals surface area contributed by atoms with Gasteiger partial charge in [-0.3, -0.25) is 5.32 Å². The molecule has 0 atom stereocenters. The van der Waals surface area contributed by atoms with E-state index in [9.17, 15) is 15.3 Å². The molecule has 1 N–H and O–H groups in total. The van der Waals surface area contributed by atoms with Crippen LogP contribution in [0.15, 0.2) is 30.3 Å². The van der Waals surface area contributed by atoms with Crippen LogP contribution in [0.25, 0.3) is 11.1 Å². The molecule has 0 spiro atoms. The Morgan fingerprint density at radius 3 is 2.32 bits per heavy atom. The number of nitrogens with zero attached hydrogens (tertiary/aromatic N) is 3. The smallest absolute Gasteiger partial charge is 0.413 e. The predicted octanol–water partition coefficient (Wildman–Crippen LogP) is 3.46. The molecule has 0 radical (unpaired) electrons. The Labute approximate surface area is 145 Å². The van der Waals surface area contributed by atoms with Gasteiger partial charge in [0.1, 0.15) is 23.3 Å². The second kappa shape index (κ2) is 7.80. The summed E-state index contributed by atoms with van der Waals surface area (Å²) in [5.41, 5.74) is 1.16. The molecule has 0 aliphatic rings. The van der Waals surface area contributed by atoms with Gasteiger partial charge in [0.25, 0.3) is 0 Å². The van der Waals surface area contributed by atoms with Crippen molar-refractivity contribution in [2.24, 2.45) is 0 Å². The van der Waals surface area contributed by atoms with Crippen molar-refractivity contribution in [3.63, 3.8) is 0 Å². The van der Waals surface area contributed by atoms with Gasteiger partial charge in [-0.1, -0.05) is 30.3 Å². The lowest BCUT2D eigenvalue weighted by atomic mass is 9.96. The topological polar surface area (TPSA) is 108 Å². The minimum Gasteiger partial charge on any atom is -0.480 e. The molecule has 7 heteroatoms. The molecule has 0 aliphatic carbocycles. The van der Waals surface area contributed by atoms with Gasteiger partial charge in [0.05, 0.1) is 13.2 Å². The Balaban J connectivity index is 2.68. The predicted molar refractivity (Wildman–Crippen MR) is 90.9 cm³/mol. The Morgan fingerprint density at radius 2 is 1.80 bits per heavy atom. The molecule has 1 aromatic carbocycles. The Bertz CT molecular complexity index is 865. The van der Waals surface area contributed by atoms with Crippen molar-refractivity contribution < 1.29 is 14.3 Å². The van der Waals surface area contributed by atoms with Crippen molar-refractivity contribution >= 4 is 11.9 Å². The maximum atomic E-state index is 11.9. The fraction of sp³-hybridized carbons (Fsp3) is 0.222. The first-order valence-electron chi connectivity index (χ1n) is 7.47. The number of benzene rings is 1. The van der Waals surface area contributed by atoms with Crippen molar-refractivity contribution in [1.82, 2.24) is 4.98 Å². The van der Waals surface area contributed by atoms with Crippen LogP contribution in [0.3, 0.4) is 0 Å². The Kier molecular flexibility index (Phi) is 5.54. The second-order valence-corrected chi connectivity index (χ2v) is 5.26. The molecule has 25 heavy (non-hydrogen) atoms. The van der Waals surface area contributed by atoms with E-state index in [2.05, 4.69) is 10.3 Å². The summed E-state index contributed by atoms with van der Waals surface area (Å²) in [6.45, 7) is 3.40. The molecule has 0 aliphatic heterocycles. The largest absolute Gasteiger partial charge is 0.480 e. The number of carbonyl (C=O) groups excluding carboxylic acids is 1. The molecular formula is C18H16N4O3. The van der Waals surface area contributed by atoms with Crippen LogP contribution >= 0.6 is 0 Å². The van der Waals surface area contributed by atoms with Gasteiger partial charge in [-0.05, 0) is 19.4 Å². The third-order valence-corrected chi connectivity index (χ3v) is 3.21. The lowest BCUT2D eigenvalue weighted by Gasteiger charge is -2.15. The molecule has 7 nitrogen and oxygen atoms in total. The molecule has 0 fully saturated rings. The van der Waals surface area contributed by atoms with E-state index in [1.165, 1.54) is 7.11 Å². The van der Waals surface area contributed by atoms with Crippen LogP contribution < -0.4 is 10.1 Å². The summed E-state index contributed by atoms with van der Waals surface area (Å²) in [7, 11) is 1.36. The van der Waals surface area contributed by atoms with Gasteiger partial charge in [0.15, 0.2) is 5.82 Å². The number of carbonyl (C=O) groups is 1. The Morgan fingerprint density at radius 1 is 1.16 bits per heavy atom. The van der Waals surface area contributed by atoms with E-state index in [0.29, 0.717) is 11.1 Å². The number of ether oxygens (including phenoxy) is 2. The van der Waals surface area contributed by atoms with E-state index >= 15 is 0 Å². The van der Waals surface area contributed by atoms with Crippen molar-refractivity contribution in [1.29, 1.82) is 10.5 Å². The van der Waals surface area contributed by atoms with Gasteiger partial charge in [-0.2, -0.15) is 15.5 Å². The summed E-state index contributed by atoms with van der Waals surface area (Å²) in [6, 6.07) is 12.9. The first-order valence-corrected chi connectivity index (χ1v) is 7.47. The monoisotopic (exact) mass is 336 g/mol. The highest BCUT2D eigenvalue weighted by Crippen LogP contribution is 2.35. The molecule has 0 saturated carbocycles. The number of anilines is 1. The zero-order chi connectivity index (χ0) is 18.4. The second-order valence-electron chi connectivity index (χ2n) is 5.26. The normalized spacial score (nSPS) is 9.84. The molecule has 2 rings (SSSR count). The highest BCUT2D eigenvalue weighted by molar-refractivity contribution is 5.90. The van der Waals surface area contributed by atoms with Crippen LogP contribution in [0, 0.1) is 22.7 Å². The lowest BCUT2D eigenvalue weighted by molar-refractivity contribution is 0.130.